The van der Waals surface area contributed by atoms with Gasteiger partial charge in [-0.25, -0.2) is 15.0 Å². The van der Waals surface area contributed by atoms with Crippen LogP contribution >= 0.6 is 0 Å². The number of aryl methyl sites for hydroxylation is 1. The van der Waals surface area contributed by atoms with Crippen molar-refractivity contribution in [1.82, 2.24) is 15.0 Å². The summed E-state index contributed by atoms with van der Waals surface area (Å²) in [7, 11) is 0. The molecule has 0 N–H and O–H groups in total. The van der Waals surface area contributed by atoms with Gasteiger partial charge in [0, 0.05) is 43.6 Å². The average Bonchev–Trinajstić information content (AvgIpc) is 2.57. The molecule has 1 fully saturated rings. The molecule has 3 rings (SSSR count). The Morgan fingerprint density at radius 1 is 0.917 bits per heavy atom. The Kier molecular flexibility index (Phi) is 4.29. The standard InChI is InChI=1S/C16H18F3N5/c1-11-12(2)21-10-22-14(11)23-6-8-24(9-7-23)15-13(16(17,18)19)4-3-5-20-15/h3-5,10H,6-9H2,1-2H3. The molecule has 0 unspecified atom stereocenters. The first kappa shape index (κ1) is 16.5. The molecule has 0 amide bonds. The maximum Gasteiger partial charge on any atom is 0.419 e. The summed E-state index contributed by atoms with van der Waals surface area (Å²) in [5.74, 6) is 0.847. The third-order valence-electron chi connectivity index (χ3n) is 4.28. The predicted octanol–water partition coefficient (Wildman–Crippen LogP) is 2.83. The molecular formula is C16H18F3N5. The summed E-state index contributed by atoms with van der Waals surface area (Å²) in [6, 6.07) is 2.39. The number of hydrogen-bond donors (Lipinski definition) is 0. The highest BCUT2D eigenvalue weighted by Gasteiger charge is 2.36. The number of nitrogens with zero attached hydrogens (tertiary/aromatic N) is 5. The Balaban J connectivity index is 1.78. The number of aromatic nitrogens is 3. The molecular weight excluding hydrogens is 319 g/mol. The number of rotatable bonds is 2. The Bertz CT molecular complexity index is 724. The largest absolute Gasteiger partial charge is 0.419 e. The smallest absolute Gasteiger partial charge is 0.353 e. The van der Waals surface area contributed by atoms with E-state index in [-0.39, 0.29) is 5.82 Å². The second kappa shape index (κ2) is 6.26. The van der Waals surface area contributed by atoms with Gasteiger partial charge in [-0.2, -0.15) is 13.2 Å². The van der Waals surface area contributed by atoms with Crippen LogP contribution in [0, 0.1) is 13.8 Å². The van der Waals surface area contributed by atoms with E-state index < -0.39 is 11.7 Å². The van der Waals surface area contributed by atoms with E-state index in [1.165, 1.54) is 18.6 Å². The van der Waals surface area contributed by atoms with Gasteiger partial charge in [-0.1, -0.05) is 0 Å². The lowest BCUT2D eigenvalue weighted by Crippen LogP contribution is -2.48. The van der Waals surface area contributed by atoms with Gasteiger partial charge in [0.15, 0.2) is 0 Å². The SMILES string of the molecule is Cc1ncnc(N2CCN(c3ncccc3C(F)(F)F)CC2)c1C. The summed E-state index contributed by atoms with van der Waals surface area (Å²) in [6.45, 7) is 5.97. The average molecular weight is 337 g/mol. The number of anilines is 2. The van der Waals surface area contributed by atoms with Gasteiger partial charge in [-0.05, 0) is 26.0 Å². The van der Waals surface area contributed by atoms with Crippen LogP contribution in [-0.4, -0.2) is 41.1 Å². The molecule has 8 heteroatoms. The third-order valence-corrected chi connectivity index (χ3v) is 4.28. The zero-order valence-corrected chi connectivity index (χ0v) is 13.5. The fraction of sp³-hybridized carbons (Fsp3) is 0.438. The lowest BCUT2D eigenvalue weighted by molar-refractivity contribution is -0.137. The molecule has 2 aromatic rings. The van der Waals surface area contributed by atoms with Gasteiger partial charge < -0.3 is 9.80 Å². The van der Waals surface area contributed by atoms with Crippen molar-refractivity contribution in [2.45, 2.75) is 20.0 Å². The van der Waals surface area contributed by atoms with Crippen molar-refractivity contribution in [2.75, 3.05) is 36.0 Å². The highest BCUT2D eigenvalue weighted by molar-refractivity contribution is 5.52. The van der Waals surface area contributed by atoms with E-state index in [0.29, 0.717) is 26.2 Å². The molecule has 0 aromatic carbocycles. The molecule has 128 valence electrons. The third kappa shape index (κ3) is 3.13. The molecule has 0 bridgehead atoms. The van der Waals surface area contributed by atoms with E-state index in [9.17, 15) is 13.2 Å². The van der Waals surface area contributed by atoms with Gasteiger partial charge >= 0.3 is 6.18 Å². The minimum Gasteiger partial charge on any atom is -0.353 e. The van der Waals surface area contributed by atoms with Crippen molar-refractivity contribution in [3.8, 4) is 0 Å². The van der Waals surface area contributed by atoms with Crippen molar-refractivity contribution in [3.05, 3.63) is 41.5 Å². The Hall–Kier alpha value is -2.38. The van der Waals surface area contributed by atoms with Crippen LogP contribution in [0.1, 0.15) is 16.8 Å². The summed E-state index contributed by atoms with van der Waals surface area (Å²) >= 11 is 0. The number of halogens is 3. The van der Waals surface area contributed by atoms with Crippen LogP contribution in [0.25, 0.3) is 0 Å². The van der Waals surface area contributed by atoms with Crippen molar-refractivity contribution in [3.63, 3.8) is 0 Å². The lowest BCUT2D eigenvalue weighted by Gasteiger charge is -2.37. The molecule has 0 atom stereocenters. The minimum absolute atomic E-state index is 0.000222. The number of piperazine rings is 1. The van der Waals surface area contributed by atoms with Crippen LogP contribution in [0.15, 0.2) is 24.7 Å². The maximum atomic E-state index is 13.1. The van der Waals surface area contributed by atoms with Crippen LogP contribution in [0.3, 0.4) is 0 Å². The molecule has 0 spiro atoms. The lowest BCUT2D eigenvalue weighted by atomic mass is 10.2. The highest BCUT2D eigenvalue weighted by atomic mass is 19.4. The zero-order valence-electron chi connectivity index (χ0n) is 13.5. The summed E-state index contributed by atoms with van der Waals surface area (Å²) in [5, 5.41) is 0. The minimum atomic E-state index is -4.40. The summed E-state index contributed by atoms with van der Waals surface area (Å²) in [4.78, 5) is 16.2. The molecule has 0 aliphatic carbocycles. The molecule has 1 saturated heterocycles. The summed E-state index contributed by atoms with van der Waals surface area (Å²) in [6.07, 6.45) is -1.49. The normalized spacial score (nSPS) is 15.7. The van der Waals surface area contributed by atoms with E-state index in [4.69, 9.17) is 0 Å². The fourth-order valence-electron chi connectivity index (χ4n) is 2.84. The van der Waals surface area contributed by atoms with Gasteiger partial charge in [0.25, 0.3) is 0 Å². The van der Waals surface area contributed by atoms with Crippen molar-refractivity contribution in [1.29, 1.82) is 0 Å². The van der Waals surface area contributed by atoms with E-state index in [1.807, 2.05) is 13.8 Å². The number of hydrogen-bond acceptors (Lipinski definition) is 5. The van der Waals surface area contributed by atoms with Crippen LogP contribution in [0.4, 0.5) is 24.8 Å². The molecule has 0 radical (unpaired) electrons. The van der Waals surface area contributed by atoms with Gasteiger partial charge in [0.2, 0.25) is 0 Å². The van der Waals surface area contributed by atoms with Crippen LogP contribution in [0.5, 0.6) is 0 Å². The number of pyridine rings is 1. The summed E-state index contributed by atoms with van der Waals surface area (Å²) in [5.41, 5.74) is 1.22. The van der Waals surface area contributed by atoms with Gasteiger partial charge in [-0.3, -0.25) is 0 Å². The summed E-state index contributed by atoms with van der Waals surface area (Å²) < 4.78 is 39.4. The first-order valence-electron chi connectivity index (χ1n) is 7.68. The molecule has 2 aromatic heterocycles. The topological polar surface area (TPSA) is 45.2 Å². The van der Waals surface area contributed by atoms with Gasteiger partial charge in [0.05, 0.1) is 5.56 Å². The molecule has 0 saturated carbocycles. The first-order valence-corrected chi connectivity index (χ1v) is 7.68. The fourth-order valence-corrected chi connectivity index (χ4v) is 2.84. The van der Waals surface area contributed by atoms with Crippen LogP contribution < -0.4 is 9.80 Å². The van der Waals surface area contributed by atoms with E-state index >= 15 is 0 Å². The molecule has 5 nitrogen and oxygen atoms in total. The van der Waals surface area contributed by atoms with Crippen molar-refractivity contribution >= 4 is 11.6 Å². The van der Waals surface area contributed by atoms with Crippen LogP contribution in [-0.2, 0) is 6.18 Å². The monoisotopic (exact) mass is 337 g/mol. The van der Waals surface area contributed by atoms with Gasteiger partial charge in [0.1, 0.15) is 18.0 Å². The Labute approximate surface area is 138 Å². The maximum absolute atomic E-state index is 13.1. The first-order chi connectivity index (χ1) is 11.4. The van der Waals surface area contributed by atoms with Crippen LogP contribution in [0.2, 0.25) is 0 Å². The second-order valence-corrected chi connectivity index (χ2v) is 5.75. The van der Waals surface area contributed by atoms with E-state index in [1.54, 1.807) is 4.90 Å². The van der Waals surface area contributed by atoms with E-state index in [0.717, 1.165) is 23.1 Å². The second-order valence-electron chi connectivity index (χ2n) is 5.75. The number of alkyl halides is 3. The predicted molar refractivity (Wildman–Crippen MR) is 85.2 cm³/mol. The van der Waals surface area contributed by atoms with Crippen molar-refractivity contribution < 1.29 is 13.2 Å². The highest BCUT2D eigenvalue weighted by Crippen LogP contribution is 2.35. The Morgan fingerprint density at radius 3 is 2.17 bits per heavy atom. The molecule has 1 aliphatic rings. The van der Waals surface area contributed by atoms with Crippen molar-refractivity contribution in [2.24, 2.45) is 0 Å². The molecule has 24 heavy (non-hydrogen) atoms. The Morgan fingerprint density at radius 2 is 1.54 bits per heavy atom. The quantitative estimate of drug-likeness (QED) is 0.843. The molecule has 1 aliphatic heterocycles. The molecule has 3 heterocycles. The van der Waals surface area contributed by atoms with Gasteiger partial charge in [-0.15, -0.1) is 0 Å². The van der Waals surface area contributed by atoms with E-state index in [2.05, 4.69) is 19.9 Å². The zero-order chi connectivity index (χ0) is 17.3.